The average Bonchev–Trinajstić information content (AvgIpc) is 3.83. The molecule has 0 aliphatic heterocycles. The summed E-state index contributed by atoms with van der Waals surface area (Å²) >= 11 is 0. The third kappa shape index (κ3) is 3.90. The van der Waals surface area contributed by atoms with Gasteiger partial charge in [-0.15, -0.1) is 5.10 Å². The van der Waals surface area contributed by atoms with E-state index < -0.39 is 0 Å². The van der Waals surface area contributed by atoms with E-state index in [4.69, 9.17) is 24.5 Å². The summed E-state index contributed by atoms with van der Waals surface area (Å²) in [6.07, 6.45) is 10.7. The Morgan fingerprint density at radius 2 is 1.78 bits per heavy atom. The van der Waals surface area contributed by atoms with Crippen molar-refractivity contribution in [1.82, 2.24) is 43.9 Å². The summed E-state index contributed by atoms with van der Waals surface area (Å²) in [4.78, 5) is 10.1. The van der Waals surface area contributed by atoms with Crippen LogP contribution in [0.2, 0.25) is 0 Å². The minimum absolute atomic E-state index is 0.452. The lowest BCUT2D eigenvalue weighted by atomic mass is 10.0. The molecule has 0 N–H and O–H groups in total. The summed E-state index contributed by atoms with van der Waals surface area (Å²) in [6.45, 7) is 2.47. The number of aromatic nitrogens is 9. The Kier molecular flexibility index (Phi) is 5.25. The SMILES string of the molecule is CCOc1nc2nn(C)cc2cc1-c1nc(-c2cccc3nn(-c4cn(C5CC5)nc4OC)cc23)c(C2CC2)n1C. The van der Waals surface area contributed by atoms with Crippen LogP contribution in [0.4, 0.5) is 0 Å². The average molecular weight is 550 g/mol. The standard InChI is InChI=1S/C30H31N9O2/c1-5-41-29-21(13-18-14-36(2)34-27(18)32-29)28-31-25(26(37(28)3)17-9-10-17)20-7-6-8-23-22(20)15-39(33-23)24-16-38(19-11-12-19)35-30(24)40-4/h6-8,13-17,19H,5,9-12H2,1-4H3. The van der Waals surface area contributed by atoms with Crippen molar-refractivity contribution < 1.29 is 9.47 Å². The van der Waals surface area contributed by atoms with Gasteiger partial charge in [-0.05, 0) is 44.7 Å². The first-order valence-electron chi connectivity index (χ1n) is 14.2. The lowest BCUT2D eigenvalue weighted by Gasteiger charge is -2.10. The van der Waals surface area contributed by atoms with Crippen LogP contribution in [-0.2, 0) is 14.1 Å². The molecule has 5 aromatic heterocycles. The number of methoxy groups -OCH3 is 1. The Balaban J connectivity index is 1.30. The quantitative estimate of drug-likeness (QED) is 0.257. The van der Waals surface area contributed by atoms with Crippen molar-refractivity contribution in [2.45, 2.75) is 44.6 Å². The topological polar surface area (TPSA) is 103 Å². The van der Waals surface area contributed by atoms with Crippen LogP contribution >= 0.6 is 0 Å². The van der Waals surface area contributed by atoms with Gasteiger partial charge < -0.3 is 14.0 Å². The van der Waals surface area contributed by atoms with Gasteiger partial charge in [-0.1, -0.05) is 12.1 Å². The van der Waals surface area contributed by atoms with Gasteiger partial charge in [-0.25, -0.2) is 9.67 Å². The number of pyridine rings is 1. The predicted molar refractivity (Wildman–Crippen MR) is 155 cm³/mol. The lowest BCUT2D eigenvalue weighted by Crippen LogP contribution is -2.02. The number of hydrogen-bond donors (Lipinski definition) is 0. The molecule has 0 bridgehead atoms. The van der Waals surface area contributed by atoms with Gasteiger partial charge in [-0.2, -0.15) is 15.2 Å². The van der Waals surface area contributed by atoms with Crippen molar-refractivity contribution in [3.05, 3.63) is 48.5 Å². The third-order valence-corrected chi connectivity index (χ3v) is 8.05. The maximum absolute atomic E-state index is 6.02. The van der Waals surface area contributed by atoms with E-state index in [2.05, 4.69) is 46.2 Å². The first-order chi connectivity index (χ1) is 20.0. The van der Waals surface area contributed by atoms with Crippen LogP contribution in [0.15, 0.2) is 42.9 Å². The summed E-state index contributed by atoms with van der Waals surface area (Å²) in [5, 5.41) is 16.1. The highest BCUT2D eigenvalue weighted by Gasteiger charge is 2.34. The van der Waals surface area contributed by atoms with Crippen molar-refractivity contribution in [1.29, 1.82) is 0 Å². The molecule has 0 amide bonds. The number of hydrogen-bond acceptors (Lipinski definition) is 7. The van der Waals surface area contributed by atoms with E-state index in [9.17, 15) is 0 Å². The van der Waals surface area contributed by atoms with Gasteiger partial charge in [0.1, 0.15) is 11.5 Å². The van der Waals surface area contributed by atoms with E-state index in [0.29, 0.717) is 36.0 Å². The number of imidazole rings is 1. The fraction of sp³-hybridized carbons (Fsp3) is 0.367. The van der Waals surface area contributed by atoms with Gasteiger partial charge >= 0.3 is 0 Å². The van der Waals surface area contributed by atoms with Crippen LogP contribution in [0.5, 0.6) is 11.8 Å². The Morgan fingerprint density at radius 1 is 0.927 bits per heavy atom. The van der Waals surface area contributed by atoms with E-state index in [1.54, 1.807) is 11.8 Å². The molecule has 5 heterocycles. The first kappa shape index (κ1) is 24.2. The molecule has 11 nitrogen and oxygen atoms in total. The molecule has 11 heteroatoms. The molecular weight excluding hydrogens is 518 g/mol. The Morgan fingerprint density at radius 3 is 2.54 bits per heavy atom. The smallest absolute Gasteiger partial charge is 0.258 e. The maximum atomic E-state index is 6.02. The molecule has 41 heavy (non-hydrogen) atoms. The fourth-order valence-corrected chi connectivity index (χ4v) is 5.81. The van der Waals surface area contributed by atoms with Crippen molar-refractivity contribution >= 4 is 21.9 Å². The number of ether oxygens (including phenoxy) is 2. The minimum atomic E-state index is 0.452. The van der Waals surface area contributed by atoms with E-state index in [1.807, 2.05) is 41.8 Å². The first-order valence-corrected chi connectivity index (χ1v) is 14.2. The Bertz CT molecular complexity index is 1950. The molecule has 208 valence electrons. The van der Waals surface area contributed by atoms with Gasteiger partial charge in [0.2, 0.25) is 5.88 Å². The monoisotopic (exact) mass is 549 g/mol. The second kappa shape index (κ2) is 8.92. The van der Waals surface area contributed by atoms with Gasteiger partial charge in [0.15, 0.2) is 5.65 Å². The van der Waals surface area contributed by atoms with Crippen LogP contribution in [0.3, 0.4) is 0 Å². The molecule has 2 fully saturated rings. The Labute approximate surface area is 236 Å². The van der Waals surface area contributed by atoms with Crippen molar-refractivity contribution in [2.75, 3.05) is 13.7 Å². The van der Waals surface area contributed by atoms with Gasteiger partial charge in [-0.3, -0.25) is 9.36 Å². The summed E-state index contributed by atoms with van der Waals surface area (Å²) in [5.41, 5.74) is 6.52. The summed E-state index contributed by atoms with van der Waals surface area (Å²) in [5.74, 6) is 2.42. The molecule has 0 unspecified atom stereocenters. The van der Waals surface area contributed by atoms with Crippen LogP contribution in [0.1, 0.15) is 50.3 Å². The zero-order valence-corrected chi connectivity index (χ0v) is 23.6. The second-order valence-corrected chi connectivity index (χ2v) is 11.0. The van der Waals surface area contributed by atoms with Crippen LogP contribution in [-0.4, -0.2) is 57.6 Å². The third-order valence-electron chi connectivity index (χ3n) is 8.05. The summed E-state index contributed by atoms with van der Waals surface area (Å²) in [6, 6.07) is 8.78. The van der Waals surface area contributed by atoms with Gasteiger partial charge in [0, 0.05) is 54.4 Å². The maximum Gasteiger partial charge on any atom is 0.258 e. The molecular formula is C30H31N9O2. The second-order valence-electron chi connectivity index (χ2n) is 11.0. The van der Waals surface area contributed by atoms with Gasteiger partial charge in [0.25, 0.3) is 5.88 Å². The summed E-state index contributed by atoms with van der Waals surface area (Å²) < 4.78 is 19.5. The van der Waals surface area contributed by atoms with Crippen LogP contribution in [0, 0.1) is 0 Å². The normalized spacial score (nSPS) is 15.3. The Hall–Kier alpha value is -4.67. The fourth-order valence-electron chi connectivity index (χ4n) is 5.81. The number of benzene rings is 1. The van der Waals surface area contributed by atoms with E-state index in [1.165, 1.54) is 5.69 Å². The zero-order chi connectivity index (χ0) is 27.8. The minimum Gasteiger partial charge on any atom is -0.478 e. The van der Waals surface area contributed by atoms with Crippen LogP contribution < -0.4 is 9.47 Å². The molecule has 2 saturated carbocycles. The molecule has 6 aromatic rings. The number of rotatable bonds is 8. The number of nitrogens with zero attached hydrogens (tertiary/aromatic N) is 9. The van der Waals surface area contributed by atoms with E-state index in [-0.39, 0.29) is 0 Å². The van der Waals surface area contributed by atoms with Crippen molar-refractivity contribution in [3.8, 4) is 40.1 Å². The van der Waals surface area contributed by atoms with E-state index >= 15 is 0 Å². The largest absolute Gasteiger partial charge is 0.478 e. The predicted octanol–water partition coefficient (Wildman–Crippen LogP) is 5.19. The highest BCUT2D eigenvalue weighted by molar-refractivity contribution is 5.95. The highest BCUT2D eigenvalue weighted by Crippen LogP contribution is 2.47. The molecule has 1 aromatic carbocycles. The van der Waals surface area contributed by atoms with E-state index in [0.717, 1.165) is 70.3 Å². The number of fused-ring (bicyclic) bond motifs is 2. The molecule has 8 rings (SSSR count). The van der Waals surface area contributed by atoms with Crippen LogP contribution in [0.25, 0.3) is 50.3 Å². The summed E-state index contributed by atoms with van der Waals surface area (Å²) in [7, 11) is 5.66. The molecule has 0 saturated heterocycles. The van der Waals surface area contributed by atoms with Crippen molar-refractivity contribution in [2.24, 2.45) is 14.1 Å². The molecule has 2 aliphatic carbocycles. The molecule has 0 spiro atoms. The molecule has 2 aliphatic rings. The van der Waals surface area contributed by atoms with Crippen molar-refractivity contribution in [3.63, 3.8) is 0 Å². The number of aryl methyl sites for hydroxylation is 1. The van der Waals surface area contributed by atoms with Gasteiger partial charge in [0.05, 0.1) is 42.7 Å². The zero-order valence-electron chi connectivity index (χ0n) is 23.6. The highest BCUT2D eigenvalue weighted by atomic mass is 16.5. The lowest BCUT2D eigenvalue weighted by molar-refractivity contribution is 0.329. The molecule has 0 radical (unpaired) electrons. The molecule has 0 atom stereocenters.